The Morgan fingerprint density at radius 1 is 1.05 bits per heavy atom. The van der Waals surface area contributed by atoms with Crippen LogP contribution in [0.15, 0.2) is 6.08 Å². The molecule has 0 saturated heterocycles. The summed E-state index contributed by atoms with van der Waals surface area (Å²) >= 11 is 0. The van der Waals surface area contributed by atoms with E-state index in [0.717, 1.165) is 25.6 Å². The van der Waals surface area contributed by atoms with Gasteiger partial charge in [-0.3, -0.25) is 0 Å². The van der Waals surface area contributed by atoms with Crippen LogP contribution in [-0.2, 0) is 22.8 Å². The molecule has 0 aliphatic carbocycles. The third-order valence-electron chi connectivity index (χ3n) is 2.64. The standard InChI is InChI=1S/C14H29NO5Si/c1-4-18-21(19-5-2,20-6-3)14-7-9-15-10-13-17-12-8-11-16/h8,15H,4-7,9-10,12-14H2,1-3H3. The molecule has 0 saturated carbocycles. The highest BCUT2D eigenvalue weighted by Gasteiger charge is 2.39. The van der Waals surface area contributed by atoms with E-state index in [1.807, 2.05) is 20.8 Å². The molecule has 0 unspecified atom stereocenters. The molecule has 0 fully saturated rings. The van der Waals surface area contributed by atoms with Crippen molar-refractivity contribution in [1.82, 2.24) is 5.32 Å². The number of rotatable bonds is 15. The van der Waals surface area contributed by atoms with Crippen molar-refractivity contribution in [1.29, 1.82) is 0 Å². The molecule has 0 atom stereocenters. The van der Waals surface area contributed by atoms with Crippen LogP contribution in [0.5, 0.6) is 0 Å². The topological polar surface area (TPSA) is 66.0 Å². The Hall–Kier alpha value is -0.533. The highest BCUT2D eigenvalue weighted by atomic mass is 28.4. The highest BCUT2D eigenvalue weighted by Crippen LogP contribution is 2.17. The van der Waals surface area contributed by atoms with Crippen molar-refractivity contribution in [2.24, 2.45) is 0 Å². The van der Waals surface area contributed by atoms with E-state index in [-0.39, 0.29) is 0 Å². The van der Waals surface area contributed by atoms with E-state index in [0.29, 0.717) is 33.0 Å². The zero-order valence-electron chi connectivity index (χ0n) is 13.5. The average Bonchev–Trinajstić information content (AvgIpc) is 2.46. The van der Waals surface area contributed by atoms with Gasteiger partial charge in [-0.15, -0.1) is 0 Å². The zero-order valence-corrected chi connectivity index (χ0v) is 14.5. The van der Waals surface area contributed by atoms with Crippen LogP contribution < -0.4 is 5.32 Å². The Labute approximate surface area is 129 Å². The zero-order chi connectivity index (χ0) is 15.8. The normalized spacial score (nSPS) is 11.4. The van der Waals surface area contributed by atoms with Crippen molar-refractivity contribution in [3.05, 3.63) is 6.08 Å². The molecule has 0 aromatic heterocycles. The first-order valence-electron chi connectivity index (χ1n) is 7.64. The molecule has 6 nitrogen and oxygen atoms in total. The maximum absolute atomic E-state index is 9.92. The molecule has 21 heavy (non-hydrogen) atoms. The summed E-state index contributed by atoms with van der Waals surface area (Å²) in [6, 6.07) is 0.810. The molecule has 124 valence electrons. The second-order valence-corrected chi connectivity index (χ2v) is 6.96. The predicted octanol–water partition coefficient (Wildman–Crippen LogP) is 1.42. The van der Waals surface area contributed by atoms with Gasteiger partial charge in [-0.2, -0.15) is 0 Å². The van der Waals surface area contributed by atoms with E-state index in [1.165, 1.54) is 6.08 Å². The summed E-state index contributed by atoms with van der Waals surface area (Å²) < 4.78 is 22.5. The smallest absolute Gasteiger partial charge is 0.375 e. The van der Waals surface area contributed by atoms with E-state index in [1.54, 1.807) is 5.94 Å². The number of hydrogen-bond donors (Lipinski definition) is 1. The van der Waals surface area contributed by atoms with Gasteiger partial charge in [-0.25, -0.2) is 4.79 Å². The summed E-state index contributed by atoms with van der Waals surface area (Å²) in [6.45, 7) is 10.2. The van der Waals surface area contributed by atoms with Gasteiger partial charge in [0.15, 0.2) is 0 Å². The first-order valence-corrected chi connectivity index (χ1v) is 9.57. The summed E-state index contributed by atoms with van der Waals surface area (Å²) in [4.78, 5) is 9.92. The summed E-state index contributed by atoms with van der Waals surface area (Å²) in [5.74, 6) is 1.67. The molecule has 7 heteroatoms. The quantitative estimate of drug-likeness (QED) is 0.280. The molecule has 0 aromatic rings. The summed E-state index contributed by atoms with van der Waals surface area (Å²) in [5, 5.41) is 3.28. The Bertz CT molecular complexity index is 268. The van der Waals surface area contributed by atoms with Crippen LogP contribution in [0.3, 0.4) is 0 Å². The van der Waals surface area contributed by atoms with Gasteiger partial charge in [0.2, 0.25) is 0 Å². The van der Waals surface area contributed by atoms with Crippen LogP contribution in [-0.4, -0.2) is 60.9 Å². The summed E-state index contributed by atoms with van der Waals surface area (Å²) in [6.07, 6.45) is 2.26. The van der Waals surface area contributed by atoms with E-state index < -0.39 is 8.80 Å². The van der Waals surface area contributed by atoms with Gasteiger partial charge in [0.1, 0.15) is 5.94 Å². The highest BCUT2D eigenvalue weighted by molar-refractivity contribution is 6.60. The van der Waals surface area contributed by atoms with E-state index in [2.05, 4.69) is 5.32 Å². The summed E-state index contributed by atoms with van der Waals surface area (Å²) in [7, 11) is -2.50. The fraction of sp³-hybridized carbons (Fsp3) is 0.857. The van der Waals surface area contributed by atoms with Crippen LogP contribution in [0.2, 0.25) is 6.04 Å². The first-order chi connectivity index (χ1) is 10.2. The molecular formula is C14H29NO5Si. The monoisotopic (exact) mass is 319 g/mol. The minimum absolute atomic E-state index is 0.320. The van der Waals surface area contributed by atoms with E-state index >= 15 is 0 Å². The Balaban J connectivity index is 3.83. The van der Waals surface area contributed by atoms with Crippen molar-refractivity contribution < 1.29 is 22.8 Å². The Morgan fingerprint density at radius 3 is 2.19 bits per heavy atom. The lowest BCUT2D eigenvalue weighted by Crippen LogP contribution is -2.46. The lowest BCUT2D eigenvalue weighted by Gasteiger charge is -2.28. The van der Waals surface area contributed by atoms with Crippen molar-refractivity contribution >= 4 is 14.7 Å². The molecule has 0 rings (SSSR count). The number of ether oxygens (including phenoxy) is 1. The number of hydrogen-bond acceptors (Lipinski definition) is 6. The van der Waals surface area contributed by atoms with E-state index in [4.69, 9.17) is 18.0 Å². The van der Waals surface area contributed by atoms with E-state index in [9.17, 15) is 4.79 Å². The second kappa shape index (κ2) is 14.4. The number of carbonyl (C=O) groups excluding carboxylic acids is 1. The molecule has 0 heterocycles. The molecule has 1 N–H and O–H groups in total. The van der Waals surface area contributed by atoms with Gasteiger partial charge in [0.25, 0.3) is 0 Å². The fourth-order valence-electron chi connectivity index (χ4n) is 1.88. The minimum Gasteiger partial charge on any atom is -0.375 e. The van der Waals surface area contributed by atoms with Gasteiger partial charge in [0, 0.05) is 38.5 Å². The van der Waals surface area contributed by atoms with Gasteiger partial charge in [0.05, 0.1) is 13.2 Å². The van der Waals surface area contributed by atoms with Crippen LogP contribution in [0.25, 0.3) is 0 Å². The third kappa shape index (κ3) is 10.8. The van der Waals surface area contributed by atoms with Crippen molar-refractivity contribution in [3.8, 4) is 0 Å². The van der Waals surface area contributed by atoms with Gasteiger partial charge >= 0.3 is 8.80 Å². The molecule has 0 bridgehead atoms. The van der Waals surface area contributed by atoms with Crippen molar-refractivity contribution in [2.75, 3.05) is 46.1 Å². The van der Waals surface area contributed by atoms with Gasteiger partial charge < -0.3 is 23.3 Å². The predicted molar refractivity (Wildman–Crippen MR) is 84.0 cm³/mol. The molecule has 0 aliphatic heterocycles. The summed E-state index contributed by atoms with van der Waals surface area (Å²) in [5.41, 5.74) is 0. The largest absolute Gasteiger partial charge is 0.500 e. The van der Waals surface area contributed by atoms with Crippen molar-refractivity contribution in [3.63, 3.8) is 0 Å². The Morgan fingerprint density at radius 2 is 1.67 bits per heavy atom. The second-order valence-electron chi connectivity index (χ2n) is 4.23. The fourth-order valence-corrected chi connectivity index (χ4v) is 4.49. The minimum atomic E-state index is -2.50. The van der Waals surface area contributed by atoms with Crippen LogP contribution in [0, 0.1) is 0 Å². The average molecular weight is 319 g/mol. The van der Waals surface area contributed by atoms with Crippen LogP contribution >= 0.6 is 0 Å². The lowest BCUT2D eigenvalue weighted by atomic mass is 10.5. The molecular weight excluding hydrogens is 290 g/mol. The van der Waals surface area contributed by atoms with Crippen LogP contribution in [0.1, 0.15) is 27.2 Å². The lowest BCUT2D eigenvalue weighted by molar-refractivity contribution is 0.0708. The number of nitrogens with one attached hydrogen (secondary N) is 1. The maximum atomic E-state index is 9.92. The molecule has 0 aliphatic rings. The van der Waals surface area contributed by atoms with Gasteiger partial charge in [-0.1, -0.05) is 0 Å². The van der Waals surface area contributed by atoms with Gasteiger partial charge in [-0.05, 0) is 33.7 Å². The van der Waals surface area contributed by atoms with Crippen LogP contribution in [0.4, 0.5) is 0 Å². The molecule has 0 spiro atoms. The molecule has 0 radical (unpaired) electrons. The maximum Gasteiger partial charge on any atom is 0.500 e. The van der Waals surface area contributed by atoms with Crippen molar-refractivity contribution in [2.45, 2.75) is 33.2 Å². The molecule has 0 aromatic carbocycles. The molecule has 0 amide bonds. The Kier molecular flexibility index (Phi) is 14.0. The first kappa shape index (κ1) is 20.5. The SMILES string of the molecule is CCO[Si](CCCNCCOCC=C=O)(OCC)OCC. The third-order valence-corrected chi connectivity index (χ3v) is 5.79.